The van der Waals surface area contributed by atoms with E-state index >= 15 is 0 Å². The van der Waals surface area contributed by atoms with Crippen molar-refractivity contribution < 1.29 is 0 Å². The van der Waals surface area contributed by atoms with Crippen LogP contribution in [0.5, 0.6) is 0 Å². The molecule has 3 nitrogen and oxygen atoms in total. The molecule has 0 atom stereocenters. The molecule has 0 spiro atoms. The molecule has 0 saturated carbocycles. The molecule has 0 aliphatic heterocycles. The number of nitrogens with one attached hydrogen (secondary N) is 3. The van der Waals surface area contributed by atoms with Crippen molar-refractivity contribution in [2.24, 2.45) is 0 Å². The van der Waals surface area contributed by atoms with Gasteiger partial charge in [0.2, 0.25) is 0 Å². The van der Waals surface area contributed by atoms with E-state index in [0.29, 0.717) is 11.7 Å². The third-order valence-electron chi connectivity index (χ3n) is 2.73. The predicted octanol–water partition coefficient (Wildman–Crippen LogP) is 2.36. The standard InChI is InChI=1S/C14H17N3S/c1-2-7-16-14(18)17-8-5-11-3-4-12-6-9-15-13(12)10-11/h2-4,6,9-10,15H,1,5,7-8H2,(H2,16,17,18). The van der Waals surface area contributed by atoms with Crippen LogP contribution in [0.3, 0.4) is 0 Å². The highest BCUT2D eigenvalue weighted by Crippen LogP contribution is 2.14. The van der Waals surface area contributed by atoms with Gasteiger partial charge in [-0.2, -0.15) is 0 Å². The summed E-state index contributed by atoms with van der Waals surface area (Å²) in [6.07, 6.45) is 4.69. The third-order valence-corrected chi connectivity index (χ3v) is 3.01. The molecule has 2 rings (SSSR count). The molecule has 18 heavy (non-hydrogen) atoms. The van der Waals surface area contributed by atoms with Crippen molar-refractivity contribution >= 4 is 28.2 Å². The topological polar surface area (TPSA) is 39.8 Å². The fourth-order valence-corrected chi connectivity index (χ4v) is 1.98. The summed E-state index contributed by atoms with van der Waals surface area (Å²) in [5.41, 5.74) is 2.48. The van der Waals surface area contributed by atoms with E-state index in [1.54, 1.807) is 6.08 Å². The predicted molar refractivity (Wildman–Crippen MR) is 80.8 cm³/mol. The lowest BCUT2D eigenvalue weighted by atomic mass is 10.1. The number of rotatable bonds is 5. The molecule has 2 aromatic rings. The minimum atomic E-state index is 0.677. The molecule has 0 aliphatic rings. The molecular weight excluding hydrogens is 242 g/mol. The number of benzene rings is 1. The Bertz CT molecular complexity index is 545. The molecule has 0 fully saturated rings. The van der Waals surface area contributed by atoms with Crippen molar-refractivity contribution in [1.82, 2.24) is 15.6 Å². The van der Waals surface area contributed by atoms with Gasteiger partial charge in [0, 0.05) is 24.8 Å². The summed E-state index contributed by atoms with van der Waals surface area (Å²) < 4.78 is 0. The van der Waals surface area contributed by atoms with Crippen LogP contribution in [0.15, 0.2) is 43.1 Å². The number of aromatic amines is 1. The summed E-state index contributed by atoms with van der Waals surface area (Å²) in [6, 6.07) is 8.54. The number of aromatic nitrogens is 1. The quantitative estimate of drug-likeness (QED) is 0.570. The van der Waals surface area contributed by atoms with Crippen LogP contribution in [-0.2, 0) is 6.42 Å². The highest BCUT2D eigenvalue weighted by atomic mass is 32.1. The highest BCUT2D eigenvalue weighted by molar-refractivity contribution is 7.80. The Morgan fingerprint density at radius 3 is 3.06 bits per heavy atom. The number of H-pyrrole nitrogens is 1. The minimum Gasteiger partial charge on any atom is -0.362 e. The maximum Gasteiger partial charge on any atom is 0.166 e. The van der Waals surface area contributed by atoms with E-state index in [-0.39, 0.29) is 0 Å². The number of thiocarbonyl (C=S) groups is 1. The summed E-state index contributed by atoms with van der Waals surface area (Å²) in [5.74, 6) is 0. The van der Waals surface area contributed by atoms with E-state index in [1.165, 1.54) is 16.5 Å². The van der Waals surface area contributed by atoms with Crippen molar-refractivity contribution in [1.29, 1.82) is 0 Å². The number of hydrogen-bond donors (Lipinski definition) is 3. The Morgan fingerprint density at radius 2 is 2.22 bits per heavy atom. The average molecular weight is 259 g/mol. The zero-order chi connectivity index (χ0) is 12.8. The second kappa shape index (κ2) is 6.21. The van der Waals surface area contributed by atoms with Crippen molar-refractivity contribution in [3.05, 3.63) is 48.7 Å². The van der Waals surface area contributed by atoms with Crippen LogP contribution in [0.4, 0.5) is 0 Å². The Kier molecular flexibility index (Phi) is 4.36. The van der Waals surface area contributed by atoms with Gasteiger partial charge in [-0.3, -0.25) is 0 Å². The van der Waals surface area contributed by atoms with Crippen LogP contribution < -0.4 is 10.6 Å². The Hall–Kier alpha value is -1.81. The lowest BCUT2D eigenvalue weighted by molar-refractivity contribution is 0.841. The van der Waals surface area contributed by atoms with Crippen molar-refractivity contribution in [2.45, 2.75) is 6.42 Å². The molecule has 4 heteroatoms. The monoisotopic (exact) mass is 259 g/mol. The first-order valence-electron chi connectivity index (χ1n) is 5.98. The summed E-state index contributed by atoms with van der Waals surface area (Å²) in [4.78, 5) is 3.22. The van der Waals surface area contributed by atoms with E-state index in [2.05, 4.69) is 46.5 Å². The zero-order valence-electron chi connectivity index (χ0n) is 10.2. The molecule has 1 aromatic carbocycles. The maximum atomic E-state index is 5.12. The van der Waals surface area contributed by atoms with Crippen LogP contribution in [0, 0.1) is 0 Å². The molecular formula is C14H17N3S. The van der Waals surface area contributed by atoms with Gasteiger partial charge in [-0.25, -0.2) is 0 Å². The Morgan fingerprint density at radius 1 is 1.33 bits per heavy atom. The molecule has 94 valence electrons. The molecule has 3 N–H and O–H groups in total. The third kappa shape index (κ3) is 3.34. The van der Waals surface area contributed by atoms with E-state index in [1.807, 2.05) is 6.20 Å². The maximum absolute atomic E-state index is 5.12. The van der Waals surface area contributed by atoms with E-state index in [4.69, 9.17) is 12.2 Å². The normalized spacial score (nSPS) is 10.2. The number of hydrogen-bond acceptors (Lipinski definition) is 1. The smallest absolute Gasteiger partial charge is 0.166 e. The van der Waals surface area contributed by atoms with Crippen molar-refractivity contribution in [3.63, 3.8) is 0 Å². The Balaban J connectivity index is 1.82. The fourth-order valence-electron chi connectivity index (χ4n) is 1.80. The van der Waals surface area contributed by atoms with Crippen LogP contribution in [0.2, 0.25) is 0 Å². The molecule has 0 radical (unpaired) electrons. The van der Waals surface area contributed by atoms with Gasteiger partial charge in [-0.15, -0.1) is 6.58 Å². The molecule has 0 amide bonds. The largest absolute Gasteiger partial charge is 0.362 e. The van der Waals surface area contributed by atoms with Gasteiger partial charge in [0.1, 0.15) is 0 Å². The Labute approximate surface area is 112 Å². The number of fused-ring (bicyclic) bond motifs is 1. The van der Waals surface area contributed by atoms with Gasteiger partial charge in [-0.1, -0.05) is 18.2 Å². The van der Waals surface area contributed by atoms with E-state index in [9.17, 15) is 0 Å². The highest BCUT2D eigenvalue weighted by Gasteiger charge is 1.98. The van der Waals surface area contributed by atoms with Gasteiger partial charge in [0.05, 0.1) is 0 Å². The first-order valence-corrected chi connectivity index (χ1v) is 6.39. The second-order valence-electron chi connectivity index (χ2n) is 4.07. The van der Waals surface area contributed by atoms with Crippen LogP contribution in [0.25, 0.3) is 10.9 Å². The molecule has 1 aromatic heterocycles. The fraction of sp³-hybridized carbons (Fsp3) is 0.214. The molecule has 0 unspecified atom stereocenters. The van der Waals surface area contributed by atoms with Gasteiger partial charge >= 0.3 is 0 Å². The lowest BCUT2D eigenvalue weighted by Crippen LogP contribution is -2.36. The van der Waals surface area contributed by atoms with Crippen molar-refractivity contribution in [3.8, 4) is 0 Å². The van der Waals surface area contributed by atoms with E-state index in [0.717, 1.165) is 13.0 Å². The minimum absolute atomic E-state index is 0.677. The molecule has 1 heterocycles. The summed E-state index contributed by atoms with van der Waals surface area (Å²) >= 11 is 5.12. The van der Waals surface area contributed by atoms with Gasteiger partial charge in [0.25, 0.3) is 0 Å². The lowest BCUT2D eigenvalue weighted by Gasteiger charge is -2.08. The first-order chi connectivity index (χ1) is 8.79. The van der Waals surface area contributed by atoms with E-state index < -0.39 is 0 Å². The van der Waals surface area contributed by atoms with Gasteiger partial charge in [-0.05, 0) is 41.7 Å². The van der Waals surface area contributed by atoms with Crippen LogP contribution >= 0.6 is 12.2 Å². The summed E-state index contributed by atoms with van der Waals surface area (Å²) in [5, 5.41) is 8.13. The molecule has 0 saturated heterocycles. The van der Waals surface area contributed by atoms with Gasteiger partial charge in [0.15, 0.2) is 5.11 Å². The second-order valence-corrected chi connectivity index (χ2v) is 4.48. The average Bonchev–Trinajstić information content (AvgIpc) is 2.83. The SMILES string of the molecule is C=CCNC(=S)NCCc1ccc2cc[nH]c2c1. The summed E-state index contributed by atoms with van der Waals surface area (Å²) in [6.45, 7) is 5.15. The van der Waals surface area contributed by atoms with Crippen LogP contribution in [-0.4, -0.2) is 23.2 Å². The zero-order valence-corrected chi connectivity index (χ0v) is 11.0. The first kappa shape index (κ1) is 12.6. The van der Waals surface area contributed by atoms with Crippen LogP contribution in [0.1, 0.15) is 5.56 Å². The molecule has 0 bridgehead atoms. The van der Waals surface area contributed by atoms with Crippen molar-refractivity contribution in [2.75, 3.05) is 13.1 Å². The van der Waals surface area contributed by atoms with Gasteiger partial charge < -0.3 is 15.6 Å². The summed E-state index contributed by atoms with van der Waals surface area (Å²) in [7, 11) is 0. The molecule has 0 aliphatic carbocycles.